The lowest BCUT2D eigenvalue weighted by Gasteiger charge is -2.12. The van der Waals surface area contributed by atoms with Crippen LogP contribution in [0.15, 0.2) is 41.9 Å². The molecule has 0 aliphatic rings. The Bertz CT molecular complexity index is 755. The van der Waals surface area contributed by atoms with Gasteiger partial charge in [0.2, 0.25) is 0 Å². The number of hydrogen-bond donors (Lipinski definition) is 2. The Balaban J connectivity index is 1.97. The average Bonchev–Trinajstić information content (AvgIpc) is 2.88. The summed E-state index contributed by atoms with van der Waals surface area (Å²) in [4.78, 5) is 4.18. The molecule has 3 N–H and O–H groups in total. The van der Waals surface area contributed by atoms with E-state index in [2.05, 4.69) is 10.3 Å². The fraction of sp³-hybridized carbons (Fsp3) is 0.0714. The van der Waals surface area contributed by atoms with Crippen molar-refractivity contribution in [2.75, 3.05) is 11.1 Å². The molecule has 1 heterocycles. The van der Waals surface area contributed by atoms with Gasteiger partial charge in [0.15, 0.2) is 0 Å². The molecule has 6 heteroatoms. The number of nitrogens with zero attached hydrogens (tertiary/aromatic N) is 1. The van der Waals surface area contributed by atoms with Gasteiger partial charge >= 0.3 is 0 Å². The molecule has 0 spiro atoms. The second kappa shape index (κ2) is 5.05. The number of fused-ring (bicyclic) bond motifs is 1. The van der Waals surface area contributed by atoms with Crippen molar-refractivity contribution in [3.8, 4) is 0 Å². The van der Waals surface area contributed by atoms with Crippen molar-refractivity contribution in [1.29, 1.82) is 0 Å². The van der Waals surface area contributed by atoms with Crippen LogP contribution < -0.4 is 11.1 Å². The Morgan fingerprint density at radius 2 is 2.00 bits per heavy atom. The van der Waals surface area contributed by atoms with E-state index in [1.807, 2.05) is 18.2 Å². The van der Waals surface area contributed by atoms with Crippen LogP contribution in [-0.2, 0) is 0 Å². The van der Waals surface area contributed by atoms with Gasteiger partial charge < -0.3 is 11.1 Å². The lowest BCUT2D eigenvalue weighted by atomic mass is 10.1. The number of halogens is 2. The third kappa shape index (κ3) is 2.42. The number of nitrogen functional groups attached to an aromatic ring is 1. The molecule has 0 saturated heterocycles. The number of aromatic nitrogens is 1. The summed E-state index contributed by atoms with van der Waals surface area (Å²) in [6.45, 7) is 0. The Labute approximate surface area is 118 Å². The molecular weight excluding hydrogens is 280 g/mol. The highest BCUT2D eigenvalue weighted by molar-refractivity contribution is 7.16. The molecule has 0 aliphatic heterocycles. The number of benzene rings is 2. The summed E-state index contributed by atoms with van der Waals surface area (Å²) in [7, 11) is 0. The molecule has 20 heavy (non-hydrogen) atoms. The normalized spacial score (nSPS) is 11.2. The van der Waals surface area contributed by atoms with Crippen LogP contribution in [0.25, 0.3) is 10.2 Å². The maximum atomic E-state index is 13.0. The van der Waals surface area contributed by atoms with Crippen molar-refractivity contribution in [2.24, 2.45) is 0 Å². The molecule has 2 aromatic carbocycles. The van der Waals surface area contributed by atoms with E-state index in [0.29, 0.717) is 11.4 Å². The molecular formula is C14H11F2N3S. The Kier molecular flexibility index (Phi) is 3.23. The van der Waals surface area contributed by atoms with Gasteiger partial charge in [0, 0.05) is 22.6 Å². The predicted octanol–water partition coefficient (Wildman–Crippen LogP) is 4.56. The Morgan fingerprint density at radius 3 is 2.80 bits per heavy atom. The average molecular weight is 291 g/mol. The molecule has 1 aromatic heterocycles. The molecule has 0 bridgehead atoms. The maximum Gasteiger partial charge on any atom is 0.265 e. The predicted molar refractivity (Wildman–Crippen MR) is 78.7 cm³/mol. The van der Waals surface area contributed by atoms with Crippen molar-refractivity contribution in [3.63, 3.8) is 0 Å². The van der Waals surface area contributed by atoms with Crippen LogP contribution in [0.5, 0.6) is 0 Å². The van der Waals surface area contributed by atoms with Crippen LogP contribution in [0.2, 0.25) is 0 Å². The molecule has 0 atom stereocenters. The standard InChI is InChI=1S/C14H11F2N3S/c15-14(16)10-5-8(17)1-3-11(10)19-9-2-4-12-13(6-9)20-7-18-12/h1-7,14,19H,17H2. The molecule has 0 saturated carbocycles. The molecule has 0 radical (unpaired) electrons. The number of alkyl halides is 2. The van der Waals surface area contributed by atoms with E-state index in [9.17, 15) is 8.78 Å². The summed E-state index contributed by atoms with van der Waals surface area (Å²) in [5, 5.41) is 3.01. The van der Waals surface area contributed by atoms with Crippen LogP contribution in [0.4, 0.5) is 25.8 Å². The van der Waals surface area contributed by atoms with Crippen LogP contribution >= 0.6 is 11.3 Å². The van der Waals surface area contributed by atoms with E-state index >= 15 is 0 Å². The molecule has 0 aliphatic carbocycles. The zero-order valence-corrected chi connectivity index (χ0v) is 11.1. The van der Waals surface area contributed by atoms with Crippen molar-refractivity contribution < 1.29 is 8.78 Å². The second-order valence-electron chi connectivity index (χ2n) is 4.31. The fourth-order valence-corrected chi connectivity index (χ4v) is 2.68. The first-order valence-electron chi connectivity index (χ1n) is 5.91. The highest BCUT2D eigenvalue weighted by Crippen LogP contribution is 2.32. The molecule has 0 fully saturated rings. The van der Waals surface area contributed by atoms with Gasteiger partial charge in [0.05, 0.1) is 15.7 Å². The largest absolute Gasteiger partial charge is 0.399 e. The SMILES string of the molecule is Nc1ccc(Nc2ccc3ncsc3c2)c(C(F)F)c1. The minimum Gasteiger partial charge on any atom is -0.399 e. The van der Waals surface area contributed by atoms with E-state index in [1.54, 1.807) is 17.6 Å². The molecule has 0 unspecified atom stereocenters. The van der Waals surface area contributed by atoms with Crippen molar-refractivity contribution in [2.45, 2.75) is 6.43 Å². The Morgan fingerprint density at radius 1 is 1.15 bits per heavy atom. The van der Waals surface area contributed by atoms with E-state index in [0.717, 1.165) is 15.9 Å². The summed E-state index contributed by atoms with van der Waals surface area (Å²) in [5.41, 5.74) is 9.52. The topological polar surface area (TPSA) is 50.9 Å². The zero-order chi connectivity index (χ0) is 14.1. The smallest absolute Gasteiger partial charge is 0.265 e. The molecule has 3 aromatic rings. The number of nitrogens with one attached hydrogen (secondary N) is 1. The van der Waals surface area contributed by atoms with E-state index in [1.165, 1.54) is 17.4 Å². The van der Waals surface area contributed by atoms with Gasteiger partial charge in [-0.2, -0.15) is 0 Å². The number of nitrogens with two attached hydrogens (primary N) is 1. The van der Waals surface area contributed by atoms with Gasteiger partial charge in [0.25, 0.3) is 6.43 Å². The van der Waals surface area contributed by atoms with Crippen LogP contribution in [0.3, 0.4) is 0 Å². The lowest BCUT2D eigenvalue weighted by Crippen LogP contribution is -1.98. The van der Waals surface area contributed by atoms with Crippen molar-refractivity contribution in [3.05, 3.63) is 47.5 Å². The highest BCUT2D eigenvalue weighted by Gasteiger charge is 2.13. The van der Waals surface area contributed by atoms with E-state index in [-0.39, 0.29) is 5.56 Å². The van der Waals surface area contributed by atoms with Crippen LogP contribution in [-0.4, -0.2) is 4.98 Å². The number of hydrogen-bond acceptors (Lipinski definition) is 4. The van der Waals surface area contributed by atoms with Gasteiger partial charge in [-0.3, -0.25) is 0 Å². The summed E-state index contributed by atoms with van der Waals surface area (Å²) in [6.07, 6.45) is -2.58. The minimum absolute atomic E-state index is 0.102. The third-order valence-electron chi connectivity index (χ3n) is 2.92. The van der Waals surface area contributed by atoms with E-state index < -0.39 is 6.43 Å². The number of rotatable bonds is 3. The van der Waals surface area contributed by atoms with Gasteiger partial charge in [-0.15, -0.1) is 11.3 Å². The van der Waals surface area contributed by atoms with Gasteiger partial charge in [-0.25, -0.2) is 13.8 Å². The fourth-order valence-electron chi connectivity index (χ4n) is 1.96. The van der Waals surface area contributed by atoms with E-state index in [4.69, 9.17) is 5.73 Å². The molecule has 3 rings (SSSR count). The van der Waals surface area contributed by atoms with Gasteiger partial charge in [-0.05, 0) is 36.4 Å². The molecule has 3 nitrogen and oxygen atoms in total. The van der Waals surface area contributed by atoms with Crippen LogP contribution in [0.1, 0.15) is 12.0 Å². The first kappa shape index (κ1) is 12.8. The first-order valence-corrected chi connectivity index (χ1v) is 6.79. The first-order chi connectivity index (χ1) is 9.63. The second-order valence-corrected chi connectivity index (χ2v) is 5.19. The summed E-state index contributed by atoms with van der Waals surface area (Å²) >= 11 is 1.51. The van der Waals surface area contributed by atoms with Crippen molar-refractivity contribution >= 4 is 38.6 Å². The Hall–Kier alpha value is -2.21. The third-order valence-corrected chi connectivity index (χ3v) is 3.71. The van der Waals surface area contributed by atoms with Crippen molar-refractivity contribution in [1.82, 2.24) is 4.98 Å². The summed E-state index contributed by atoms with van der Waals surface area (Å²) in [6, 6.07) is 10.0. The van der Waals surface area contributed by atoms with Gasteiger partial charge in [0.1, 0.15) is 0 Å². The maximum absolute atomic E-state index is 13.0. The summed E-state index contributed by atoms with van der Waals surface area (Å²) < 4.78 is 27.0. The zero-order valence-electron chi connectivity index (χ0n) is 10.3. The summed E-state index contributed by atoms with van der Waals surface area (Å²) in [5.74, 6) is 0. The molecule has 0 amide bonds. The quantitative estimate of drug-likeness (QED) is 0.695. The molecule has 102 valence electrons. The number of thiazole rings is 1. The van der Waals surface area contributed by atoms with Crippen LogP contribution in [0, 0.1) is 0 Å². The lowest BCUT2D eigenvalue weighted by molar-refractivity contribution is 0.152. The minimum atomic E-state index is -2.58. The monoisotopic (exact) mass is 291 g/mol. The highest BCUT2D eigenvalue weighted by atomic mass is 32.1. The number of anilines is 3. The van der Waals surface area contributed by atoms with Gasteiger partial charge in [-0.1, -0.05) is 0 Å².